The Morgan fingerprint density at radius 3 is 2.63 bits per heavy atom. The van der Waals surface area contributed by atoms with Gasteiger partial charge in [0.2, 0.25) is 0 Å². The zero-order valence-electron chi connectivity index (χ0n) is 21.6. The van der Waals surface area contributed by atoms with Gasteiger partial charge in [-0.15, -0.1) is 13.2 Å². The molecule has 5 rings (SSSR count). The lowest BCUT2D eigenvalue weighted by Crippen LogP contribution is -2.57. The molecule has 0 saturated heterocycles. The summed E-state index contributed by atoms with van der Waals surface area (Å²) in [6, 6.07) is 5.02. The van der Waals surface area contributed by atoms with Crippen molar-refractivity contribution in [3.63, 3.8) is 0 Å². The molecule has 7 atom stereocenters. The number of rotatable bonds is 4. The molecule has 0 heterocycles. The summed E-state index contributed by atoms with van der Waals surface area (Å²) in [4.78, 5) is 38.0. The second-order valence-electron chi connectivity index (χ2n) is 11.6. The van der Waals surface area contributed by atoms with Crippen LogP contribution in [0, 0.1) is 34.5 Å². The van der Waals surface area contributed by atoms with Gasteiger partial charge in [-0.2, -0.15) is 0 Å². The SMILES string of the molecule is CC(=O)[C@H]1CC[C@H]2C3C=CC4=CC(=O)CC[C@@]4(C)C3[C@@H](OC(=O)Nc3cccc(OC(F)(F)F)c3)CC12C. The third-order valence-electron chi connectivity index (χ3n) is 9.49. The van der Waals surface area contributed by atoms with E-state index in [2.05, 4.69) is 30.0 Å². The molecule has 1 aromatic rings. The third-order valence-corrected chi connectivity index (χ3v) is 9.49. The third kappa shape index (κ3) is 4.64. The van der Waals surface area contributed by atoms with Crippen LogP contribution in [0.2, 0.25) is 0 Å². The second kappa shape index (κ2) is 9.27. The van der Waals surface area contributed by atoms with Crippen molar-refractivity contribution in [1.82, 2.24) is 0 Å². The van der Waals surface area contributed by atoms with Crippen LogP contribution in [0.25, 0.3) is 0 Å². The maximum Gasteiger partial charge on any atom is 0.573 e. The van der Waals surface area contributed by atoms with Crippen LogP contribution in [0.3, 0.4) is 0 Å². The predicted octanol–water partition coefficient (Wildman–Crippen LogP) is 6.63. The number of hydrogen-bond donors (Lipinski definition) is 1. The highest BCUT2D eigenvalue weighted by Crippen LogP contribution is 2.65. The van der Waals surface area contributed by atoms with Crippen LogP contribution in [0.5, 0.6) is 5.75 Å². The van der Waals surface area contributed by atoms with E-state index in [1.54, 1.807) is 13.0 Å². The first kappa shape index (κ1) is 26.5. The maximum atomic E-state index is 13.1. The van der Waals surface area contributed by atoms with Crippen LogP contribution in [0.1, 0.15) is 52.9 Å². The quantitative estimate of drug-likeness (QED) is 0.472. The summed E-state index contributed by atoms with van der Waals surface area (Å²) in [5.41, 5.74) is 0.305. The van der Waals surface area contributed by atoms with E-state index < -0.39 is 24.3 Å². The standard InChI is InChI=1S/C29H32F3NO5/c1-16(34)22-9-10-23-21-8-7-17-13-19(35)11-12-27(17,2)25(21)24(15-28(22,23)3)37-26(36)33-18-5-4-6-20(14-18)38-29(30,31)32/h4-8,13-14,21-25H,9-12,15H2,1-3H3,(H,33,36)/t21?,22-,23+,24+,25?,27-,28?/m1/s1. The first-order valence-electron chi connectivity index (χ1n) is 13.1. The molecule has 4 aliphatic carbocycles. The summed E-state index contributed by atoms with van der Waals surface area (Å²) < 4.78 is 48.0. The van der Waals surface area contributed by atoms with Crippen LogP contribution in [0.4, 0.5) is 23.7 Å². The summed E-state index contributed by atoms with van der Waals surface area (Å²) in [6.07, 6.45) is 2.92. The predicted molar refractivity (Wildman–Crippen MR) is 133 cm³/mol. The number of carbonyl (C=O) groups is 3. The van der Waals surface area contributed by atoms with Gasteiger partial charge in [-0.25, -0.2) is 4.79 Å². The first-order valence-corrected chi connectivity index (χ1v) is 13.1. The average Bonchev–Trinajstić information content (AvgIpc) is 3.15. The average molecular weight is 532 g/mol. The molecule has 0 bridgehead atoms. The highest BCUT2D eigenvalue weighted by atomic mass is 19.4. The van der Waals surface area contributed by atoms with Gasteiger partial charge < -0.3 is 9.47 Å². The first-order chi connectivity index (χ1) is 17.8. The maximum absolute atomic E-state index is 13.1. The Morgan fingerprint density at radius 2 is 1.92 bits per heavy atom. The Bertz CT molecular complexity index is 1220. The van der Waals surface area contributed by atoms with E-state index in [1.165, 1.54) is 12.1 Å². The zero-order valence-corrected chi connectivity index (χ0v) is 21.6. The Labute approximate surface area is 219 Å². The molecular formula is C29H32F3NO5. The minimum atomic E-state index is -4.85. The largest absolute Gasteiger partial charge is 0.573 e. The molecule has 0 aromatic heterocycles. The van der Waals surface area contributed by atoms with Crippen LogP contribution >= 0.6 is 0 Å². The highest BCUT2D eigenvalue weighted by molar-refractivity contribution is 5.92. The highest BCUT2D eigenvalue weighted by Gasteiger charge is 2.63. The van der Waals surface area contributed by atoms with Crippen molar-refractivity contribution >= 4 is 23.3 Å². The van der Waals surface area contributed by atoms with E-state index in [0.717, 1.165) is 30.5 Å². The molecular weight excluding hydrogens is 499 g/mol. The summed E-state index contributed by atoms with van der Waals surface area (Å²) in [5, 5.41) is 2.55. The molecule has 1 aromatic carbocycles. The normalized spacial score (nSPS) is 35.9. The van der Waals surface area contributed by atoms with Gasteiger partial charge in [0.25, 0.3) is 0 Å². The van der Waals surface area contributed by atoms with Gasteiger partial charge >= 0.3 is 12.5 Å². The fraction of sp³-hybridized carbons (Fsp3) is 0.552. The number of hydrogen-bond acceptors (Lipinski definition) is 5. The fourth-order valence-corrected chi connectivity index (χ4v) is 7.93. The lowest BCUT2D eigenvalue weighted by Gasteiger charge is -2.58. The Hall–Kier alpha value is -3.10. The molecule has 2 saturated carbocycles. The van der Waals surface area contributed by atoms with E-state index >= 15 is 0 Å². The molecule has 204 valence electrons. The van der Waals surface area contributed by atoms with Gasteiger partial charge in [-0.3, -0.25) is 14.9 Å². The van der Waals surface area contributed by atoms with Crippen LogP contribution in [0.15, 0.2) is 48.1 Å². The number of carbonyl (C=O) groups excluding carboxylic acids is 3. The number of ketones is 2. The summed E-state index contributed by atoms with van der Waals surface area (Å²) in [6.45, 7) is 5.86. The van der Waals surface area contributed by atoms with Crippen molar-refractivity contribution < 1.29 is 37.0 Å². The van der Waals surface area contributed by atoms with E-state index in [-0.39, 0.29) is 51.8 Å². The van der Waals surface area contributed by atoms with Crippen molar-refractivity contribution in [3.8, 4) is 5.75 Å². The van der Waals surface area contributed by atoms with Crippen LogP contribution in [-0.4, -0.2) is 30.1 Å². The number of anilines is 1. The van der Waals surface area contributed by atoms with E-state index in [0.29, 0.717) is 19.3 Å². The number of fused-ring (bicyclic) bond motifs is 5. The van der Waals surface area contributed by atoms with Gasteiger partial charge in [-0.1, -0.05) is 32.1 Å². The van der Waals surface area contributed by atoms with Gasteiger partial charge in [-0.05, 0) is 79.1 Å². The lowest BCUT2D eigenvalue weighted by atomic mass is 9.47. The molecule has 0 radical (unpaired) electrons. The van der Waals surface area contributed by atoms with E-state index in [9.17, 15) is 27.6 Å². The smallest absolute Gasteiger partial charge is 0.446 e. The topological polar surface area (TPSA) is 81.7 Å². The van der Waals surface area contributed by atoms with Gasteiger partial charge in [0.15, 0.2) is 5.78 Å². The minimum Gasteiger partial charge on any atom is -0.446 e. The second-order valence-corrected chi connectivity index (χ2v) is 11.6. The molecule has 0 aliphatic heterocycles. The van der Waals surface area contributed by atoms with Gasteiger partial charge in [0.1, 0.15) is 17.6 Å². The Balaban J connectivity index is 1.45. The van der Waals surface area contributed by atoms with Crippen molar-refractivity contribution in [2.24, 2.45) is 34.5 Å². The molecule has 1 amide bonds. The fourth-order valence-electron chi connectivity index (χ4n) is 7.93. The number of benzene rings is 1. The lowest BCUT2D eigenvalue weighted by molar-refractivity contribution is -0.274. The Kier molecular flexibility index (Phi) is 6.47. The summed E-state index contributed by atoms with van der Waals surface area (Å²) >= 11 is 0. The van der Waals surface area contributed by atoms with E-state index in [1.807, 2.05) is 6.08 Å². The van der Waals surface area contributed by atoms with Gasteiger partial charge in [0, 0.05) is 30.0 Å². The molecule has 4 aliphatic rings. The number of nitrogens with one attached hydrogen (secondary N) is 1. The van der Waals surface area contributed by atoms with Crippen molar-refractivity contribution in [3.05, 3.63) is 48.1 Å². The monoisotopic (exact) mass is 531 g/mol. The van der Waals surface area contributed by atoms with E-state index in [4.69, 9.17) is 4.74 Å². The number of halogens is 3. The van der Waals surface area contributed by atoms with Crippen molar-refractivity contribution in [1.29, 1.82) is 0 Å². The molecule has 9 heteroatoms. The molecule has 6 nitrogen and oxygen atoms in total. The molecule has 0 spiro atoms. The molecule has 38 heavy (non-hydrogen) atoms. The number of Topliss-reactive ketones (excluding diaryl/α,β-unsaturated/α-hetero) is 1. The molecule has 2 fully saturated rings. The van der Waals surface area contributed by atoms with Gasteiger partial charge in [0.05, 0.1) is 0 Å². The number of amides is 1. The number of ether oxygens (including phenoxy) is 2. The minimum absolute atomic E-state index is 0.0646. The number of allylic oxidation sites excluding steroid dienone is 4. The van der Waals surface area contributed by atoms with Crippen molar-refractivity contribution in [2.75, 3.05) is 5.32 Å². The summed E-state index contributed by atoms with van der Waals surface area (Å²) in [5.74, 6) is -0.165. The van der Waals surface area contributed by atoms with Crippen LogP contribution < -0.4 is 10.1 Å². The Morgan fingerprint density at radius 1 is 1.16 bits per heavy atom. The summed E-state index contributed by atoms with van der Waals surface area (Å²) in [7, 11) is 0. The van der Waals surface area contributed by atoms with Crippen LogP contribution in [-0.2, 0) is 14.3 Å². The molecule has 1 N–H and O–H groups in total. The van der Waals surface area contributed by atoms with Crippen molar-refractivity contribution in [2.45, 2.75) is 65.3 Å². The zero-order chi connectivity index (χ0) is 27.5. The molecule has 3 unspecified atom stereocenters. The number of alkyl halides is 3.